The zero-order valence-electron chi connectivity index (χ0n) is 16.7. The van der Waals surface area contributed by atoms with Crippen molar-refractivity contribution in [3.05, 3.63) is 53.1 Å². The van der Waals surface area contributed by atoms with Gasteiger partial charge >= 0.3 is 5.91 Å². The van der Waals surface area contributed by atoms with Crippen LogP contribution < -0.4 is 4.74 Å². The summed E-state index contributed by atoms with van der Waals surface area (Å²) in [5, 5.41) is 19.9. The first kappa shape index (κ1) is 20.9. The summed E-state index contributed by atoms with van der Waals surface area (Å²) in [5.74, 6) is 0.479. The van der Waals surface area contributed by atoms with Crippen molar-refractivity contribution in [1.82, 2.24) is 4.57 Å². The third-order valence-electron chi connectivity index (χ3n) is 4.53. The number of rotatable bonds is 7. The molecule has 1 amide bonds. The Morgan fingerprint density at radius 1 is 1.21 bits per heavy atom. The van der Waals surface area contributed by atoms with Gasteiger partial charge in [0.25, 0.3) is 0 Å². The van der Waals surface area contributed by atoms with Crippen molar-refractivity contribution in [2.24, 2.45) is 16.1 Å². The Kier molecular flexibility index (Phi) is 6.54. The standard InChI is InChI=1S/C22H24ClN3O3/c1-14(2)10-11-26-19-9-4-15(3)12-18(19)21(22(26)28)25-24-20(27)13-29-17-7-5-16(23)6-8-17/h4-9,12,14,28H,10-11,13H2,1-3H3. The topological polar surface area (TPSA) is 76.2 Å². The van der Waals surface area contributed by atoms with E-state index in [2.05, 4.69) is 24.1 Å². The summed E-state index contributed by atoms with van der Waals surface area (Å²) in [6.07, 6.45) is 0.912. The van der Waals surface area contributed by atoms with Crippen molar-refractivity contribution in [1.29, 1.82) is 0 Å². The molecule has 2 aromatic carbocycles. The molecule has 0 atom stereocenters. The monoisotopic (exact) mass is 413 g/mol. The highest BCUT2D eigenvalue weighted by atomic mass is 35.5. The predicted octanol–water partition coefficient (Wildman–Crippen LogP) is 6.04. The number of hydrogen-bond acceptors (Lipinski definition) is 4. The van der Waals surface area contributed by atoms with Crippen LogP contribution in [0, 0.1) is 12.8 Å². The van der Waals surface area contributed by atoms with Crippen LogP contribution in [0.5, 0.6) is 11.6 Å². The van der Waals surface area contributed by atoms with E-state index < -0.39 is 5.91 Å². The Morgan fingerprint density at radius 2 is 1.93 bits per heavy atom. The van der Waals surface area contributed by atoms with Crippen molar-refractivity contribution in [2.75, 3.05) is 6.61 Å². The molecule has 0 aliphatic rings. The fourth-order valence-corrected chi connectivity index (χ4v) is 3.09. The number of halogens is 1. The number of fused-ring (bicyclic) bond motifs is 1. The van der Waals surface area contributed by atoms with E-state index in [0.29, 0.717) is 28.9 Å². The third-order valence-corrected chi connectivity index (χ3v) is 4.78. The molecule has 1 N–H and O–H groups in total. The number of carbonyl (C=O) groups is 1. The maximum absolute atomic E-state index is 12.1. The van der Waals surface area contributed by atoms with Gasteiger partial charge in [-0.1, -0.05) is 37.1 Å². The number of azo groups is 1. The first-order chi connectivity index (χ1) is 13.8. The molecule has 0 saturated heterocycles. The molecular weight excluding hydrogens is 390 g/mol. The minimum absolute atomic E-state index is 0.0152. The van der Waals surface area contributed by atoms with Crippen LogP contribution in [0.3, 0.4) is 0 Å². The van der Waals surface area contributed by atoms with E-state index in [-0.39, 0.29) is 12.5 Å². The lowest BCUT2D eigenvalue weighted by molar-refractivity contribution is -0.120. The Hall–Kier alpha value is -2.86. The molecule has 3 aromatic rings. The number of ether oxygens (including phenoxy) is 1. The van der Waals surface area contributed by atoms with Gasteiger partial charge in [-0.2, -0.15) is 0 Å². The Balaban J connectivity index is 1.80. The number of nitrogens with zero attached hydrogens (tertiary/aromatic N) is 3. The lowest BCUT2D eigenvalue weighted by Crippen LogP contribution is -2.07. The van der Waals surface area contributed by atoms with Gasteiger partial charge in [-0.25, -0.2) is 0 Å². The lowest BCUT2D eigenvalue weighted by atomic mass is 10.1. The first-order valence-electron chi connectivity index (χ1n) is 9.50. The molecule has 0 saturated carbocycles. The van der Waals surface area contributed by atoms with Crippen LogP contribution in [-0.4, -0.2) is 22.2 Å². The van der Waals surface area contributed by atoms with Crippen LogP contribution in [0.4, 0.5) is 5.69 Å². The van der Waals surface area contributed by atoms with Gasteiger partial charge in [0.15, 0.2) is 12.3 Å². The van der Waals surface area contributed by atoms with Crippen molar-refractivity contribution >= 4 is 34.1 Å². The Labute approximate surface area is 174 Å². The minimum Gasteiger partial charge on any atom is -0.493 e. The fourth-order valence-electron chi connectivity index (χ4n) is 2.96. The predicted molar refractivity (Wildman–Crippen MR) is 114 cm³/mol. The highest BCUT2D eigenvalue weighted by Crippen LogP contribution is 2.39. The van der Waals surface area contributed by atoms with E-state index in [1.165, 1.54) is 0 Å². The molecule has 0 unspecified atom stereocenters. The molecule has 0 aliphatic carbocycles. The molecule has 6 nitrogen and oxygen atoms in total. The average molecular weight is 414 g/mol. The summed E-state index contributed by atoms with van der Waals surface area (Å²) in [7, 11) is 0. The van der Waals surface area contributed by atoms with E-state index in [0.717, 1.165) is 22.9 Å². The van der Waals surface area contributed by atoms with Crippen LogP contribution in [0.25, 0.3) is 10.9 Å². The quantitative estimate of drug-likeness (QED) is 0.479. The zero-order valence-corrected chi connectivity index (χ0v) is 17.5. The van der Waals surface area contributed by atoms with E-state index in [1.54, 1.807) is 24.3 Å². The van der Waals surface area contributed by atoms with Gasteiger partial charge < -0.3 is 14.4 Å². The zero-order chi connectivity index (χ0) is 21.0. The number of amides is 1. The van der Waals surface area contributed by atoms with Gasteiger partial charge in [-0.3, -0.25) is 4.79 Å². The smallest absolute Gasteiger partial charge is 0.302 e. The van der Waals surface area contributed by atoms with Gasteiger partial charge in [0.05, 0.1) is 5.52 Å². The van der Waals surface area contributed by atoms with Gasteiger partial charge in [-0.05, 0) is 55.7 Å². The van der Waals surface area contributed by atoms with Gasteiger partial charge in [0.1, 0.15) is 5.75 Å². The molecule has 0 fully saturated rings. The van der Waals surface area contributed by atoms with Crippen LogP contribution in [-0.2, 0) is 11.3 Å². The molecule has 0 bridgehead atoms. The van der Waals surface area contributed by atoms with Gasteiger partial charge in [0.2, 0.25) is 5.88 Å². The molecule has 7 heteroatoms. The summed E-state index contributed by atoms with van der Waals surface area (Å²) in [5.41, 5.74) is 2.20. The van der Waals surface area contributed by atoms with Gasteiger partial charge in [0, 0.05) is 17.0 Å². The highest BCUT2D eigenvalue weighted by molar-refractivity contribution is 6.30. The number of benzene rings is 2. The normalized spacial score (nSPS) is 11.6. The number of carbonyl (C=O) groups excluding carboxylic acids is 1. The Morgan fingerprint density at radius 3 is 2.62 bits per heavy atom. The molecule has 0 aliphatic heterocycles. The van der Waals surface area contributed by atoms with E-state index >= 15 is 0 Å². The SMILES string of the molecule is Cc1ccc2c(c1)c(N=NC(=O)COc1ccc(Cl)cc1)c(O)n2CCC(C)C. The third kappa shape index (κ3) is 5.15. The second kappa shape index (κ2) is 9.09. The van der Waals surface area contributed by atoms with Crippen molar-refractivity contribution in [2.45, 2.75) is 33.7 Å². The van der Waals surface area contributed by atoms with Gasteiger partial charge in [-0.15, -0.1) is 10.2 Å². The van der Waals surface area contributed by atoms with Crippen LogP contribution >= 0.6 is 11.6 Å². The number of aryl methyl sites for hydroxylation is 2. The fraction of sp³-hybridized carbons (Fsp3) is 0.318. The molecule has 0 radical (unpaired) electrons. The lowest BCUT2D eigenvalue weighted by Gasteiger charge is -2.09. The molecule has 1 heterocycles. The molecule has 1 aromatic heterocycles. The summed E-state index contributed by atoms with van der Waals surface area (Å²) < 4.78 is 7.21. The summed E-state index contributed by atoms with van der Waals surface area (Å²) in [6.45, 7) is 6.64. The maximum Gasteiger partial charge on any atom is 0.302 e. The second-order valence-electron chi connectivity index (χ2n) is 7.36. The largest absolute Gasteiger partial charge is 0.493 e. The molecule has 3 rings (SSSR count). The average Bonchev–Trinajstić information content (AvgIpc) is 2.94. The second-order valence-corrected chi connectivity index (χ2v) is 7.80. The van der Waals surface area contributed by atoms with Crippen molar-refractivity contribution in [3.63, 3.8) is 0 Å². The molecule has 152 valence electrons. The molecule has 29 heavy (non-hydrogen) atoms. The summed E-state index contributed by atoms with van der Waals surface area (Å²) in [4.78, 5) is 12.1. The maximum atomic E-state index is 12.1. The van der Waals surface area contributed by atoms with E-state index in [1.807, 2.05) is 29.7 Å². The number of aromatic nitrogens is 1. The minimum atomic E-state index is -0.546. The summed E-state index contributed by atoms with van der Waals surface area (Å²) >= 11 is 5.83. The van der Waals surface area contributed by atoms with Crippen LogP contribution in [0.1, 0.15) is 25.8 Å². The molecular formula is C22H24ClN3O3. The first-order valence-corrected chi connectivity index (χ1v) is 9.87. The van der Waals surface area contributed by atoms with E-state index in [4.69, 9.17) is 16.3 Å². The Bertz CT molecular complexity index is 1040. The van der Waals surface area contributed by atoms with Crippen molar-refractivity contribution < 1.29 is 14.6 Å². The number of hydrogen-bond donors (Lipinski definition) is 1. The van der Waals surface area contributed by atoms with Crippen LogP contribution in [0.15, 0.2) is 52.7 Å². The van der Waals surface area contributed by atoms with Crippen molar-refractivity contribution in [3.8, 4) is 11.6 Å². The number of aromatic hydroxyl groups is 1. The highest BCUT2D eigenvalue weighted by Gasteiger charge is 2.17. The molecule has 0 spiro atoms. The van der Waals surface area contributed by atoms with E-state index in [9.17, 15) is 9.90 Å². The van der Waals surface area contributed by atoms with Crippen LogP contribution in [0.2, 0.25) is 5.02 Å². The summed E-state index contributed by atoms with van der Waals surface area (Å²) in [6, 6.07) is 12.6.